The average Bonchev–Trinajstić information content (AvgIpc) is 2.65. The van der Waals surface area contributed by atoms with Gasteiger partial charge in [-0.05, 0) is 18.2 Å². The van der Waals surface area contributed by atoms with E-state index in [1.807, 2.05) is 0 Å². The molecule has 0 atom stereocenters. The first-order valence-corrected chi connectivity index (χ1v) is 5.87. The monoisotopic (exact) mass is 207 g/mol. The minimum Gasteiger partial charge on any atom is -0.402 e. The Kier molecular flexibility index (Phi) is 3.44. The molecule has 1 fully saturated rings. The molecule has 84 valence electrons. The Labute approximate surface area is 92.2 Å². The Bertz CT molecular complexity index is 273. The van der Waals surface area contributed by atoms with Crippen molar-refractivity contribution in [1.29, 1.82) is 0 Å². The van der Waals surface area contributed by atoms with Crippen LogP contribution in [0, 0.1) is 0 Å². The predicted molar refractivity (Wildman–Crippen MR) is 63.5 cm³/mol. The summed E-state index contributed by atoms with van der Waals surface area (Å²) in [6.07, 6.45) is 5.33. The summed E-state index contributed by atoms with van der Waals surface area (Å²) in [6.45, 7) is 9.31. The normalized spacial score (nSPS) is 24.1. The number of hydrogen-bond donors (Lipinski definition) is 1. The fraction of sp³-hybridized carbons (Fsp3) is 0.667. The molecule has 0 aromatic carbocycles. The summed E-state index contributed by atoms with van der Waals surface area (Å²) in [5, 5.41) is 0. The minimum absolute atomic E-state index is 0.949. The van der Waals surface area contributed by atoms with Gasteiger partial charge in [0.25, 0.3) is 0 Å². The van der Waals surface area contributed by atoms with Gasteiger partial charge in [-0.3, -0.25) is 4.90 Å². The van der Waals surface area contributed by atoms with Gasteiger partial charge >= 0.3 is 0 Å². The van der Waals surface area contributed by atoms with Crippen molar-refractivity contribution >= 4 is 0 Å². The second-order valence-corrected chi connectivity index (χ2v) is 4.41. The van der Waals surface area contributed by atoms with Crippen LogP contribution in [-0.4, -0.2) is 49.1 Å². The molecule has 1 aliphatic carbocycles. The highest BCUT2D eigenvalue weighted by Gasteiger charge is 2.16. The van der Waals surface area contributed by atoms with Crippen LogP contribution in [0.25, 0.3) is 0 Å². The Morgan fingerprint density at radius 1 is 1.20 bits per heavy atom. The van der Waals surface area contributed by atoms with Crippen molar-refractivity contribution in [2.24, 2.45) is 5.73 Å². The van der Waals surface area contributed by atoms with E-state index in [2.05, 4.69) is 28.9 Å². The maximum atomic E-state index is 5.76. The number of nitrogens with two attached hydrogens (primary N) is 1. The van der Waals surface area contributed by atoms with E-state index in [0.717, 1.165) is 18.7 Å². The summed E-state index contributed by atoms with van der Waals surface area (Å²) in [5.41, 5.74) is 8.17. The molecule has 2 rings (SSSR count). The second-order valence-electron chi connectivity index (χ2n) is 4.41. The molecule has 3 nitrogen and oxygen atoms in total. The van der Waals surface area contributed by atoms with Crippen LogP contribution in [0.2, 0.25) is 0 Å². The molecule has 0 spiro atoms. The molecule has 1 heterocycles. The number of piperazine rings is 1. The first-order chi connectivity index (χ1) is 7.28. The van der Waals surface area contributed by atoms with Gasteiger partial charge in [-0.25, -0.2) is 0 Å². The first kappa shape index (κ1) is 10.7. The van der Waals surface area contributed by atoms with Gasteiger partial charge in [0, 0.05) is 44.8 Å². The van der Waals surface area contributed by atoms with Crippen molar-refractivity contribution in [2.75, 3.05) is 39.3 Å². The molecule has 15 heavy (non-hydrogen) atoms. The van der Waals surface area contributed by atoms with E-state index < -0.39 is 0 Å². The fourth-order valence-electron chi connectivity index (χ4n) is 2.24. The van der Waals surface area contributed by atoms with E-state index in [1.165, 1.54) is 38.3 Å². The van der Waals surface area contributed by atoms with Gasteiger partial charge in [0.15, 0.2) is 0 Å². The minimum atomic E-state index is 0.949. The summed E-state index contributed by atoms with van der Waals surface area (Å²) >= 11 is 0. The third-order valence-electron chi connectivity index (χ3n) is 3.29. The summed E-state index contributed by atoms with van der Waals surface area (Å²) in [4.78, 5) is 5.02. The van der Waals surface area contributed by atoms with E-state index in [0.29, 0.717) is 0 Å². The molecular weight excluding hydrogens is 186 g/mol. The molecule has 2 aliphatic rings. The Balaban J connectivity index is 1.77. The lowest BCUT2D eigenvalue weighted by molar-refractivity contribution is 0.146. The summed E-state index contributed by atoms with van der Waals surface area (Å²) < 4.78 is 0. The van der Waals surface area contributed by atoms with E-state index in [-0.39, 0.29) is 0 Å². The summed E-state index contributed by atoms with van der Waals surface area (Å²) in [7, 11) is 0. The zero-order chi connectivity index (χ0) is 10.7. The lowest BCUT2D eigenvalue weighted by Crippen LogP contribution is -2.46. The molecular formula is C12H21N3. The molecule has 0 unspecified atom stereocenters. The predicted octanol–water partition coefficient (Wildman–Crippen LogP) is 0.797. The molecule has 0 aromatic rings. The molecule has 0 amide bonds. The molecule has 1 saturated heterocycles. The molecule has 0 aromatic heterocycles. The summed E-state index contributed by atoms with van der Waals surface area (Å²) in [6, 6.07) is 0. The van der Waals surface area contributed by atoms with Crippen LogP contribution in [0.1, 0.15) is 13.3 Å². The molecule has 0 bridgehead atoms. The third kappa shape index (κ3) is 2.83. The Hall–Kier alpha value is -0.800. The average molecular weight is 207 g/mol. The maximum Gasteiger partial charge on any atom is 0.0232 e. The highest BCUT2D eigenvalue weighted by molar-refractivity contribution is 5.32. The van der Waals surface area contributed by atoms with E-state index in [9.17, 15) is 0 Å². The van der Waals surface area contributed by atoms with Gasteiger partial charge in [-0.1, -0.05) is 13.0 Å². The highest BCUT2D eigenvalue weighted by Crippen LogP contribution is 2.15. The maximum absolute atomic E-state index is 5.76. The standard InChI is InChI=1S/C12H21N3/c1-2-14-5-7-15(8-6-14)10-11-3-4-12(13)9-11/h3,9H,2,4-8,10,13H2,1H3. The van der Waals surface area contributed by atoms with Crippen molar-refractivity contribution in [3.8, 4) is 0 Å². The van der Waals surface area contributed by atoms with Crippen LogP contribution in [0.4, 0.5) is 0 Å². The van der Waals surface area contributed by atoms with Crippen molar-refractivity contribution in [3.05, 3.63) is 23.4 Å². The zero-order valence-electron chi connectivity index (χ0n) is 9.58. The molecule has 2 N–H and O–H groups in total. The zero-order valence-corrected chi connectivity index (χ0v) is 9.58. The van der Waals surface area contributed by atoms with Crippen LogP contribution >= 0.6 is 0 Å². The fourth-order valence-corrected chi connectivity index (χ4v) is 2.24. The largest absolute Gasteiger partial charge is 0.402 e. The van der Waals surface area contributed by atoms with Crippen molar-refractivity contribution in [2.45, 2.75) is 13.3 Å². The topological polar surface area (TPSA) is 32.5 Å². The molecule has 1 aliphatic heterocycles. The SMILES string of the molecule is CCN1CCN(CC2=CCC(N)=C2)CC1. The van der Waals surface area contributed by atoms with Gasteiger partial charge in [-0.15, -0.1) is 0 Å². The van der Waals surface area contributed by atoms with Gasteiger partial charge in [0.2, 0.25) is 0 Å². The molecule has 3 heteroatoms. The van der Waals surface area contributed by atoms with Gasteiger partial charge in [0.1, 0.15) is 0 Å². The third-order valence-corrected chi connectivity index (χ3v) is 3.29. The second kappa shape index (κ2) is 4.81. The molecule has 0 radical (unpaired) electrons. The number of allylic oxidation sites excluding steroid dienone is 1. The quantitative estimate of drug-likeness (QED) is 0.743. The Morgan fingerprint density at radius 2 is 1.87 bits per heavy atom. The van der Waals surface area contributed by atoms with Crippen molar-refractivity contribution < 1.29 is 0 Å². The molecule has 0 saturated carbocycles. The van der Waals surface area contributed by atoms with Crippen LogP contribution in [0.3, 0.4) is 0 Å². The number of hydrogen-bond acceptors (Lipinski definition) is 3. The lowest BCUT2D eigenvalue weighted by atomic mass is 10.2. The van der Waals surface area contributed by atoms with E-state index in [1.54, 1.807) is 0 Å². The van der Waals surface area contributed by atoms with Crippen molar-refractivity contribution in [3.63, 3.8) is 0 Å². The Morgan fingerprint density at radius 3 is 2.40 bits per heavy atom. The number of rotatable bonds is 3. The number of nitrogens with zero attached hydrogens (tertiary/aromatic N) is 2. The van der Waals surface area contributed by atoms with Crippen LogP contribution in [0.15, 0.2) is 23.4 Å². The lowest BCUT2D eigenvalue weighted by Gasteiger charge is -2.34. The highest BCUT2D eigenvalue weighted by atomic mass is 15.3. The van der Waals surface area contributed by atoms with E-state index >= 15 is 0 Å². The van der Waals surface area contributed by atoms with Crippen LogP contribution < -0.4 is 5.73 Å². The first-order valence-electron chi connectivity index (χ1n) is 5.87. The van der Waals surface area contributed by atoms with Crippen LogP contribution in [-0.2, 0) is 0 Å². The van der Waals surface area contributed by atoms with Crippen LogP contribution in [0.5, 0.6) is 0 Å². The smallest absolute Gasteiger partial charge is 0.0232 e. The van der Waals surface area contributed by atoms with Gasteiger partial charge < -0.3 is 10.6 Å². The van der Waals surface area contributed by atoms with Crippen molar-refractivity contribution in [1.82, 2.24) is 9.80 Å². The van der Waals surface area contributed by atoms with Gasteiger partial charge in [0.05, 0.1) is 0 Å². The summed E-state index contributed by atoms with van der Waals surface area (Å²) in [5.74, 6) is 0. The van der Waals surface area contributed by atoms with Gasteiger partial charge in [-0.2, -0.15) is 0 Å². The van der Waals surface area contributed by atoms with E-state index in [4.69, 9.17) is 5.73 Å². The number of likely N-dealkylation sites (N-methyl/N-ethyl adjacent to an activating group) is 1.